The van der Waals surface area contributed by atoms with Crippen molar-refractivity contribution in [3.63, 3.8) is 0 Å². The molecule has 0 aromatic rings. The molecule has 0 spiro atoms. The van der Waals surface area contributed by atoms with Gasteiger partial charge < -0.3 is 14.6 Å². The fourth-order valence-corrected chi connectivity index (χ4v) is 4.53. The molecule has 0 saturated heterocycles. The zero-order valence-corrected chi connectivity index (χ0v) is 30.5. The minimum Gasteiger partial charge on any atom is -0.462 e. The maximum Gasteiger partial charge on any atom is 0.306 e. The monoisotopic (exact) mass is 665 g/mol. The zero-order valence-electron chi connectivity index (χ0n) is 30.5. The van der Waals surface area contributed by atoms with Crippen molar-refractivity contribution in [2.45, 2.75) is 148 Å². The van der Waals surface area contributed by atoms with Crippen LogP contribution < -0.4 is 0 Å². The van der Waals surface area contributed by atoms with Crippen LogP contribution in [-0.2, 0) is 19.1 Å². The second kappa shape index (κ2) is 38.3. The summed E-state index contributed by atoms with van der Waals surface area (Å²) < 4.78 is 10.5. The van der Waals surface area contributed by atoms with Crippen LogP contribution in [-0.4, -0.2) is 36.4 Å². The first-order valence-electron chi connectivity index (χ1n) is 18.8. The van der Waals surface area contributed by atoms with Crippen molar-refractivity contribution in [2.75, 3.05) is 13.2 Å². The number of rotatable bonds is 32. The molecule has 1 N–H and O–H groups in total. The van der Waals surface area contributed by atoms with Crippen LogP contribution >= 0.6 is 0 Å². The molecule has 0 rings (SSSR count). The van der Waals surface area contributed by atoms with E-state index in [4.69, 9.17) is 9.47 Å². The molecular weight excluding hydrogens is 596 g/mol. The van der Waals surface area contributed by atoms with E-state index in [0.29, 0.717) is 12.8 Å². The molecule has 0 fully saturated rings. The molecule has 5 nitrogen and oxygen atoms in total. The number of aliphatic hydroxyl groups is 1. The number of hydrogen-bond donors (Lipinski definition) is 1. The number of unbranched alkanes of at least 4 members (excludes halogenated alkanes) is 8. The Kier molecular flexibility index (Phi) is 35.7. The number of ether oxygens (including phenoxy) is 2. The Morgan fingerprint density at radius 2 is 0.896 bits per heavy atom. The summed E-state index contributed by atoms with van der Waals surface area (Å²) in [6.07, 6.45) is 53.2. The summed E-state index contributed by atoms with van der Waals surface area (Å²) in [6, 6.07) is 0. The first kappa shape index (κ1) is 44.8. The van der Waals surface area contributed by atoms with Crippen LogP contribution in [0.25, 0.3) is 0 Å². The minimum atomic E-state index is -0.806. The summed E-state index contributed by atoms with van der Waals surface area (Å²) in [5, 5.41) is 9.53. The van der Waals surface area contributed by atoms with Gasteiger partial charge in [-0.05, 0) is 89.9 Å². The molecule has 0 aliphatic heterocycles. The third-order valence-electron chi connectivity index (χ3n) is 7.34. The van der Waals surface area contributed by atoms with E-state index in [9.17, 15) is 14.7 Å². The van der Waals surface area contributed by atoms with Gasteiger partial charge in [0, 0.05) is 12.8 Å². The molecule has 0 aliphatic rings. The van der Waals surface area contributed by atoms with E-state index in [1.54, 1.807) is 0 Å². The fraction of sp³-hybridized carbons (Fsp3) is 0.581. The predicted molar refractivity (Wildman–Crippen MR) is 205 cm³/mol. The lowest BCUT2D eigenvalue weighted by atomic mass is 10.1. The summed E-state index contributed by atoms with van der Waals surface area (Å²) in [7, 11) is 0. The molecule has 0 bridgehead atoms. The van der Waals surface area contributed by atoms with E-state index in [1.807, 2.05) is 0 Å². The molecule has 0 aromatic heterocycles. The average molecular weight is 665 g/mol. The first-order valence-corrected chi connectivity index (χ1v) is 18.8. The van der Waals surface area contributed by atoms with Crippen molar-refractivity contribution in [1.29, 1.82) is 0 Å². The largest absolute Gasteiger partial charge is 0.462 e. The molecule has 5 heteroatoms. The highest BCUT2D eigenvalue weighted by atomic mass is 16.6. The lowest BCUT2D eigenvalue weighted by Gasteiger charge is -2.15. The summed E-state index contributed by atoms with van der Waals surface area (Å²) >= 11 is 0. The Labute approximate surface area is 294 Å². The Morgan fingerprint density at radius 3 is 1.40 bits per heavy atom. The number of hydrogen-bond acceptors (Lipinski definition) is 5. The molecule has 1 unspecified atom stereocenters. The van der Waals surface area contributed by atoms with Gasteiger partial charge in [-0.1, -0.05) is 137 Å². The van der Waals surface area contributed by atoms with Crippen molar-refractivity contribution in [3.05, 3.63) is 97.2 Å². The molecule has 0 aliphatic carbocycles. The van der Waals surface area contributed by atoms with Gasteiger partial charge in [0.15, 0.2) is 6.10 Å². The van der Waals surface area contributed by atoms with E-state index < -0.39 is 6.10 Å². The highest BCUT2D eigenvalue weighted by Crippen LogP contribution is 2.10. The van der Waals surface area contributed by atoms with Crippen LogP contribution in [0, 0.1) is 0 Å². The van der Waals surface area contributed by atoms with E-state index in [-0.39, 0.29) is 25.2 Å². The van der Waals surface area contributed by atoms with E-state index in [2.05, 4.69) is 111 Å². The van der Waals surface area contributed by atoms with Crippen LogP contribution in [0.15, 0.2) is 97.2 Å². The van der Waals surface area contributed by atoms with Crippen LogP contribution in [0.3, 0.4) is 0 Å². The Hall–Kier alpha value is -3.18. The molecule has 0 saturated carbocycles. The number of carbonyl (C=O) groups is 2. The van der Waals surface area contributed by atoms with Gasteiger partial charge in [-0.25, -0.2) is 0 Å². The fourth-order valence-electron chi connectivity index (χ4n) is 4.53. The van der Waals surface area contributed by atoms with Gasteiger partial charge in [0.05, 0.1) is 6.61 Å². The Bertz CT molecular complexity index is 979. The van der Waals surface area contributed by atoms with E-state index >= 15 is 0 Å². The smallest absolute Gasteiger partial charge is 0.306 e. The molecule has 0 heterocycles. The van der Waals surface area contributed by atoms with Gasteiger partial charge in [-0.3, -0.25) is 9.59 Å². The Balaban J connectivity index is 3.74. The lowest BCUT2D eigenvalue weighted by molar-refractivity contribution is -0.161. The first-order chi connectivity index (χ1) is 23.6. The molecule has 0 aromatic carbocycles. The number of aliphatic hydroxyl groups excluding tert-OH is 1. The molecule has 0 radical (unpaired) electrons. The lowest BCUT2D eigenvalue weighted by Crippen LogP contribution is -2.28. The topological polar surface area (TPSA) is 72.8 Å². The second-order valence-corrected chi connectivity index (χ2v) is 11.9. The highest BCUT2D eigenvalue weighted by molar-refractivity contribution is 5.70. The summed E-state index contributed by atoms with van der Waals surface area (Å²) in [6.45, 7) is 3.88. The van der Waals surface area contributed by atoms with Crippen molar-refractivity contribution in [2.24, 2.45) is 0 Å². The molecule has 0 amide bonds. The maximum atomic E-state index is 12.1. The number of esters is 2. The number of allylic oxidation sites excluding steroid dienone is 16. The van der Waals surface area contributed by atoms with Crippen LogP contribution in [0.2, 0.25) is 0 Å². The van der Waals surface area contributed by atoms with Gasteiger partial charge in [-0.2, -0.15) is 0 Å². The van der Waals surface area contributed by atoms with Gasteiger partial charge in [0.2, 0.25) is 0 Å². The third kappa shape index (κ3) is 35.7. The molecular formula is C43H68O5. The van der Waals surface area contributed by atoms with Crippen LogP contribution in [0.5, 0.6) is 0 Å². The van der Waals surface area contributed by atoms with Gasteiger partial charge in [0.25, 0.3) is 0 Å². The summed E-state index contributed by atoms with van der Waals surface area (Å²) in [5.41, 5.74) is 0. The predicted octanol–water partition coefficient (Wildman–Crippen LogP) is 11.7. The van der Waals surface area contributed by atoms with E-state index in [0.717, 1.165) is 103 Å². The number of carbonyl (C=O) groups excluding carboxylic acids is 2. The quantitative estimate of drug-likeness (QED) is 0.0440. The maximum absolute atomic E-state index is 12.1. The van der Waals surface area contributed by atoms with Gasteiger partial charge >= 0.3 is 11.9 Å². The highest BCUT2D eigenvalue weighted by Gasteiger charge is 2.16. The van der Waals surface area contributed by atoms with Crippen molar-refractivity contribution in [3.8, 4) is 0 Å². The zero-order chi connectivity index (χ0) is 35.0. The minimum absolute atomic E-state index is 0.0976. The molecule has 270 valence electrons. The standard InChI is InChI=1S/C43H68O5/c1-3-5-7-9-11-13-15-17-18-19-20-21-22-23-24-26-28-30-32-34-36-38-43(46)48-41(39-44)40-47-42(45)37-35-33-31-29-27-25-16-14-12-10-8-6-4-2/h5,7-8,10-11,13-14,16-18,20-21,23-24,28,30,41,44H,3-4,6,9,12,15,19,22,25-27,29,31-40H2,1-2H3/b7-5-,10-8-,13-11-,16-14-,18-17-,21-20-,24-23-,30-28-. The van der Waals surface area contributed by atoms with Crippen LogP contribution in [0.1, 0.15) is 142 Å². The summed E-state index contributed by atoms with van der Waals surface area (Å²) in [5.74, 6) is -0.671. The molecule has 1 atom stereocenters. The third-order valence-corrected chi connectivity index (χ3v) is 7.34. The van der Waals surface area contributed by atoms with Crippen molar-refractivity contribution >= 4 is 11.9 Å². The molecule has 48 heavy (non-hydrogen) atoms. The van der Waals surface area contributed by atoms with Gasteiger partial charge in [0.1, 0.15) is 6.61 Å². The normalized spacial score (nSPS) is 13.3. The van der Waals surface area contributed by atoms with Crippen molar-refractivity contribution < 1.29 is 24.2 Å². The SMILES string of the molecule is CC/C=C\C/C=C\C/C=C\C/C=C\C/C=C\C/C=C\CCCCC(=O)OC(CO)COC(=O)CCCCCCC/C=C\C/C=C\CCC. The van der Waals surface area contributed by atoms with Gasteiger partial charge in [-0.15, -0.1) is 0 Å². The second-order valence-electron chi connectivity index (χ2n) is 11.9. The Morgan fingerprint density at radius 1 is 0.500 bits per heavy atom. The van der Waals surface area contributed by atoms with Crippen LogP contribution in [0.4, 0.5) is 0 Å². The van der Waals surface area contributed by atoms with Crippen molar-refractivity contribution in [1.82, 2.24) is 0 Å². The average Bonchev–Trinajstić information content (AvgIpc) is 3.09. The summed E-state index contributed by atoms with van der Waals surface area (Å²) in [4.78, 5) is 24.2. The van der Waals surface area contributed by atoms with E-state index in [1.165, 1.54) is 12.8 Å².